The fourth-order valence-electron chi connectivity index (χ4n) is 2.43. The Morgan fingerprint density at radius 1 is 1.00 bits per heavy atom. The predicted molar refractivity (Wildman–Crippen MR) is 105 cm³/mol. The third-order valence-corrected chi connectivity index (χ3v) is 4.10. The van der Waals surface area contributed by atoms with Crippen LogP contribution >= 0.6 is 0 Å². The Morgan fingerprint density at radius 3 is 2.30 bits per heavy atom. The second-order valence-electron chi connectivity index (χ2n) is 6.33. The second kappa shape index (κ2) is 10.1. The molecule has 0 aliphatic heterocycles. The Morgan fingerprint density at radius 2 is 1.67 bits per heavy atom. The van der Waals surface area contributed by atoms with E-state index in [0.29, 0.717) is 18.7 Å². The van der Waals surface area contributed by atoms with Crippen LogP contribution in [0.15, 0.2) is 54.6 Å². The molecule has 0 atom stereocenters. The average Bonchev–Trinajstić information content (AvgIpc) is 2.70. The number of carbonyl (C=O) groups is 2. The lowest BCUT2D eigenvalue weighted by Crippen LogP contribution is -2.37. The summed E-state index contributed by atoms with van der Waals surface area (Å²) >= 11 is 0. The van der Waals surface area contributed by atoms with Crippen LogP contribution in [0.1, 0.15) is 21.5 Å². The van der Waals surface area contributed by atoms with E-state index in [-0.39, 0.29) is 25.0 Å². The van der Waals surface area contributed by atoms with Gasteiger partial charge in [-0.15, -0.1) is 6.42 Å². The van der Waals surface area contributed by atoms with Crippen LogP contribution in [0.25, 0.3) is 0 Å². The van der Waals surface area contributed by atoms with Crippen molar-refractivity contribution in [2.75, 3.05) is 33.7 Å². The molecule has 0 saturated heterocycles. The first-order chi connectivity index (χ1) is 13.0. The molecule has 0 aromatic heterocycles. The quantitative estimate of drug-likeness (QED) is 0.533. The maximum atomic E-state index is 12.4. The summed E-state index contributed by atoms with van der Waals surface area (Å²) in [6.07, 6.45) is 5.32. The minimum absolute atomic E-state index is 0.0846. The molecule has 2 aromatic carbocycles. The predicted octanol–water partition coefficient (Wildman–Crippen LogP) is 2.42. The van der Waals surface area contributed by atoms with E-state index in [0.717, 1.165) is 11.1 Å². The highest BCUT2D eigenvalue weighted by Gasteiger charge is 2.13. The van der Waals surface area contributed by atoms with E-state index >= 15 is 0 Å². The number of esters is 1. The van der Waals surface area contributed by atoms with Gasteiger partial charge in [0.25, 0.3) is 5.91 Å². The summed E-state index contributed by atoms with van der Waals surface area (Å²) in [7, 11) is 3.56. The Hall–Kier alpha value is -3.10. The van der Waals surface area contributed by atoms with Crippen molar-refractivity contribution < 1.29 is 14.3 Å². The van der Waals surface area contributed by atoms with Gasteiger partial charge >= 0.3 is 5.97 Å². The topological polar surface area (TPSA) is 49.9 Å². The molecule has 5 heteroatoms. The molecule has 2 aromatic rings. The van der Waals surface area contributed by atoms with Crippen molar-refractivity contribution in [3.8, 4) is 12.3 Å². The van der Waals surface area contributed by atoms with Crippen LogP contribution in [0.4, 0.5) is 0 Å². The molecule has 0 saturated carbocycles. The van der Waals surface area contributed by atoms with Crippen molar-refractivity contribution >= 4 is 11.9 Å². The molecule has 1 amide bonds. The van der Waals surface area contributed by atoms with Crippen molar-refractivity contribution in [3.05, 3.63) is 71.3 Å². The number of terminal acetylenes is 1. The highest BCUT2D eigenvalue weighted by atomic mass is 16.5. The van der Waals surface area contributed by atoms with Gasteiger partial charge in [-0.1, -0.05) is 36.3 Å². The van der Waals surface area contributed by atoms with Gasteiger partial charge in [0.1, 0.15) is 6.61 Å². The molecular formula is C22H24N2O3. The molecule has 27 heavy (non-hydrogen) atoms. The number of benzene rings is 2. The highest BCUT2D eigenvalue weighted by molar-refractivity contribution is 5.94. The molecule has 0 aliphatic rings. The number of likely N-dealkylation sites (N-methyl/N-ethyl adjacent to an activating group) is 2. The zero-order valence-corrected chi connectivity index (χ0v) is 15.7. The zero-order valence-electron chi connectivity index (χ0n) is 15.7. The maximum Gasteiger partial charge on any atom is 0.320 e. The summed E-state index contributed by atoms with van der Waals surface area (Å²) in [5.74, 6) is 2.15. The van der Waals surface area contributed by atoms with Crippen molar-refractivity contribution in [1.29, 1.82) is 0 Å². The van der Waals surface area contributed by atoms with Crippen LogP contribution < -0.4 is 0 Å². The molecule has 0 heterocycles. The van der Waals surface area contributed by atoms with Crippen molar-refractivity contribution in [2.45, 2.75) is 6.61 Å². The van der Waals surface area contributed by atoms with Gasteiger partial charge in [0.2, 0.25) is 0 Å². The van der Waals surface area contributed by atoms with Gasteiger partial charge < -0.3 is 9.64 Å². The molecule has 0 aliphatic carbocycles. The third-order valence-electron chi connectivity index (χ3n) is 4.10. The number of ether oxygens (including phenoxy) is 1. The van der Waals surface area contributed by atoms with Crippen LogP contribution in [0.3, 0.4) is 0 Å². The first kappa shape index (κ1) is 20.2. The van der Waals surface area contributed by atoms with Gasteiger partial charge in [0, 0.05) is 31.3 Å². The van der Waals surface area contributed by atoms with E-state index in [1.165, 1.54) is 0 Å². The van der Waals surface area contributed by atoms with Crippen molar-refractivity contribution in [2.24, 2.45) is 0 Å². The number of hydrogen-bond acceptors (Lipinski definition) is 4. The Kier molecular flexibility index (Phi) is 7.60. The van der Waals surface area contributed by atoms with E-state index in [1.807, 2.05) is 42.3 Å². The van der Waals surface area contributed by atoms with Crippen LogP contribution in [0, 0.1) is 12.3 Å². The third kappa shape index (κ3) is 6.61. The van der Waals surface area contributed by atoms with E-state index in [9.17, 15) is 9.59 Å². The maximum absolute atomic E-state index is 12.4. The van der Waals surface area contributed by atoms with Crippen LogP contribution in [0.5, 0.6) is 0 Å². The number of nitrogens with zero attached hydrogens (tertiary/aromatic N) is 2. The Labute approximate surface area is 160 Å². The molecule has 2 rings (SSSR count). The minimum Gasteiger partial charge on any atom is -0.460 e. The largest absolute Gasteiger partial charge is 0.460 e. The van der Waals surface area contributed by atoms with Crippen LogP contribution in [0.2, 0.25) is 0 Å². The van der Waals surface area contributed by atoms with Gasteiger partial charge in [-0.2, -0.15) is 0 Å². The molecule has 0 spiro atoms. The fraction of sp³-hybridized carbons (Fsp3) is 0.273. The molecule has 0 N–H and O–H groups in total. The molecule has 0 fully saturated rings. The highest BCUT2D eigenvalue weighted by Crippen LogP contribution is 2.06. The zero-order chi connectivity index (χ0) is 19.6. The Balaban J connectivity index is 1.73. The molecule has 0 unspecified atom stereocenters. The van der Waals surface area contributed by atoms with Crippen molar-refractivity contribution in [1.82, 2.24) is 9.80 Å². The van der Waals surface area contributed by atoms with Crippen molar-refractivity contribution in [3.63, 3.8) is 0 Å². The lowest BCUT2D eigenvalue weighted by Gasteiger charge is -2.21. The number of rotatable bonds is 8. The fourth-order valence-corrected chi connectivity index (χ4v) is 2.43. The summed E-state index contributed by atoms with van der Waals surface area (Å²) < 4.78 is 5.27. The molecule has 0 bridgehead atoms. The minimum atomic E-state index is -0.291. The van der Waals surface area contributed by atoms with Crippen LogP contribution in [-0.4, -0.2) is 55.4 Å². The van der Waals surface area contributed by atoms with E-state index < -0.39 is 0 Å². The number of hydrogen-bond donors (Lipinski definition) is 0. The normalized spacial score (nSPS) is 10.3. The monoisotopic (exact) mass is 364 g/mol. The van der Waals surface area contributed by atoms with Gasteiger partial charge in [-0.05, 0) is 36.9 Å². The first-order valence-corrected chi connectivity index (χ1v) is 8.70. The summed E-state index contributed by atoms with van der Waals surface area (Å²) in [5, 5.41) is 0. The summed E-state index contributed by atoms with van der Waals surface area (Å²) in [6, 6.07) is 16.5. The molecular weight excluding hydrogens is 340 g/mol. The number of carbonyl (C=O) groups excluding carboxylic acids is 2. The van der Waals surface area contributed by atoms with E-state index in [4.69, 9.17) is 11.2 Å². The average molecular weight is 364 g/mol. The van der Waals surface area contributed by atoms with Gasteiger partial charge in [0.05, 0.1) is 6.54 Å². The van der Waals surface area contributed by atoms with E-state index in [1.54, 1.807) is 36.2 Å². The SMILES string of the molecule is C#Cc1ccc(C(=O)N(C)CCN(C)CC(=O)OCc2ccccc2)cc1. The van der Waals surface area contributed by atoms with E-state index in [2.05, 4.69) is 5.92 Å². The summed E-state index contributed by atoms with van der Waals surface area (Å²) in [5.41, 5.74) is 2.28. The molecule has 0 radical (unpaired) electrons. The molecule has 140 valence electrons. The summed E-state index contributed by atoms with van der Waals surface area (Å²) in [4.78, 5) is 27.8. The summed E-state index contributed by atoms with van der Waals surface area (Å²) in [6.45, 7) is 1.49. The van der Waals surface area contributed by atoms with Gasteiger partial charge in [0.15, 0.2) is 0 Å². The lowest BCUT2D eigenvalue weighted by atomic mass is 10.1. The Bertz CT molecular complexity index is 795. The van der Waals surface area contributed by atoms with Crippen LogP contribution in [-0.2, 0) is 16.1 Å². The second-order valence-corrected chi connectivity index (χ2v) is 6.33. The standard InChI is InChI=1S/C22H24N2O3/c1-4-18-10-12-20(13-11-18)22(26)24(3)15-14-23(2)16-21(25)27-17-19-8-6-5-7-9-19/h1,5-13H,14-17H2,2-3H3. The smallest absolute Gasteiger partial charge is 0.320 e. The number of amides is 1. The first-order valence-electron chi connectivity index (χ1n) is 8.70. The lowest BCUT2D eigenvalue weighted by molar-refractivity contribution is -0.145. The molecule has 5 nitrogen and oxygen atoms in total. The van der Waals surface area contributed by atoms with Gasteiger partial charge in [-0.3, -0.25) is 14.5 Å². The van der Waals surface area contributed by atoms with Gasteiger partial charge in [-0.25, -0.2) is 0 Å².